The molecule has 0 amide bonds. The van der Waals surface area contributed by atoms with E-state index in [1.807, 2.05) is 60.7 Å². The Balaban J connectivity index is 1.72. The quantitative estimate of drug-likeness (QED) is 0.287. The predicted molar refractivity (Wildman–Crippen MR) is 122 cm³/mol. The smallest absolute Gasteiger partial charge is 0.146 e. The first-order chi connectivity index (χ1) is 14.7. The van der Waals surface area contributed by atoms with E-state index < -0.39 is 0 Å². The maximum Gasteiger partial charge on any atom is 0.146 e. The van der Waals surface area contributed by atoms with Gasteiger partial charge in [0.15, 0.2) is 0 Å². The topological polar surface area (TPSA) is 71.0 Å². The van der Waals surface area contributed by atoms with Gasteiger partial charge in [-0.2, -0.15) is 0 Å². The number of rotatable bonds is 6. The third-order valence-corrected chi connectivity index (χ3v) is 4.92. The van der Waals surface area contributed by atoms with E-state index >= 15 is 0 Å². The van der Waals surface area contributed by atoms with E-state index in [0.717, 1.165) is 23.1 Å². The minimum absolute atomic E-state index is 0.147. The lowest BCUT2D eigenvalue weighted by Gasteiger charge is -2.11. The zero-order chi connectivity index (χ0) is 20.8. The number of phenolic OH excluding ortho intramolecular Hbond substituents is 1. The van der Waals surface area contributed by atoms with Crippen molar-refractivity contribution in [1.82, 2.24) is 0 Å². The summed E-state index contributed by atoms with van der Waals surface area (Å²) in [5, 5.41) is 19.5. The number of para-hydroxylation sites is 1. The highest BCUT2D eigenvalue weighted by molar-refractivity contribution is 5.63. The van der Waals surface area contributed by atoms with Crippen molar-refractivity contribution in [3.63, 3.8) is 0 Å². The van der Waals surface area contributed by atoms with Gasteiger partial charge in [0.1, 0.15) is 17.1 Å². The standard InChI is InChI=1S/C26H23N3O/c27-23-13-7-8-14-24(23)28-29-25-18-21(15-19-9-3-1-4-10-19)17-22(26(25)30)16-20-11-5-2-6-12-20/h1-14,17-18,30H,15-16,27H2. The van der Waals surface area contributed by atoms with Crippen LogP contribution in [0, 0.1) is 0 Å². The number of nitrogens with two attached hydrogens (primary N) is 1. The molecule has 4 rings (SSSR count). The molecule has 4 aromatic carbocycles. The summed E-state index contributed by atoms with van der Waals surface area (Å²) in [6.07, 6.45) is 1.37. The molecule has 3 N–H and O–H groups in total. The van der Waals surface area contributed by atoms with Gasteiger partial charge in [0.2, 0.25) is 0 Å². The van der Waals surface area contributed by atoms with Gasteiger partial charge in [0, 0.05) is 12.0 Å². The van der Waals surface area contributed by atoms with Crippen molar-refractivity contribution in [1.29, 1.82) is 0 Å². The van der Waals surface area contributed by atoms with Crippen LogP contribution in [0.4, 0.5) is 17.1 Å². The monoisotopic (exact) mass is 393 g/mol. The van der Waals surface area contributed by atoms with Crippen LogP contribution >= 0.6 is 0 Å². The van der Waals surface area contributed by atoms with E-state index in [0.29, 0.717) is 23.5 Å². The third-order valence-electron chi connectivity index (χ3n) is 4.92. The molecule has 4 nitrogen and oxygen atoms in total. The number of benzene rings is 4. The molecule has 148 valence electrons. The van der Waals surface area contributed by atoms with Crippen LogP contribution < -0.4 is 5.73 Å². The maximum absolute atomic E-state index is 10.9. The van der Waals surface area contributed by atoms with E-state index in [1.54, 1.807) is 12.1 Å². The van der Waals surface area contributed by atoms with Crippen LogP contribution in [-0.2, 0) is 12.8 Å². The number of hydrogen-bond acceptors (Lipinski definition) is 4. The molecule has 0 aliphatic carbocycles. The number of phenols is 1. The van der Waals surface area contributed by atoms with Gasteiger partial charge >= 0.3 is 0 Å². The summed E-state index contributed by atoms with van der Waals surface area (Å²) in [5.74, 6) is 0.147. The van der Waals surface area contributed by atoms with E-state index in [4.69, 9.17) is 5.73 Å². The largest absolute Gasteiger partial charge is 0.505 e. The molecule has 0 aromatic heterocycles. The van der Waals surface area contributed by atoms with Crippen LogP contribution in [0.5, 0.6) is 5.75 Å². The predicted octanol–water partition coefficient (Wildman–Crippen LogP) is 6.57. The normalized spacial score (nSPS) is 11.1. The molecule has 0 unspecified atom stereocenters. The number of hydrogen-bond donors (Lipinski definition) is 2. The molecule has 0 bridgehead atoms. The van der Waals surface area contributed by atoms with Crippen molar-refractivity contribution in [2.75, 3.05) is 5.73 Å². The molecule has 0 aliphatic rings. The Labute approximate surface area is 176 Å². The van der Waals surface area contributed by atoms with Gasteiger partial charge in [-0.05, 0) is 41.3 Å². The molecule has 0 spiro atoms. The summed E-state index contributed by atoms with van der Waals surface area (Å²) < 4.78 is 0. The number of aromatic hydroxyl groups is 1. The van der Waals surface area contributed by atoms with Crippen LogP contribution in [0.2, 0.25) is 0 Å². The van der Waals surface area contributed by atoms with Crippen LogP contribution in [0.3, 0.4) is 0 Å². The molecule has 0 atom stereocenters. The molecular weight excluding hydrogens is 370 g/mol. The SMILES string of the molecule is Nc1ccccc1N=Nc1cc(Cc2ccccc2)cc(Cc2ccccc2)c1O. The minimum Gasteiger partial charge on any atom is -0.505 e. The van der Waals surface area contributed by atoms with Crippen molar-refractivity contribution in [2.45, 2.75) is 12.8 Å². The Bertz CT molecular complexity index is 1160. The van der Waals surface area contributed by atoms with Gasteiger partial charge in [-0.15, -0.1) is 10.2 Å². The number of nitrogen functional groups attached to an aromatic ring is 1. The molecule has 0 saturated carbocycles. The van der Waals surface area contributed by atoms with Gasteiger partial charge in [0.25, 0.3) is 0 Å². The zero-order valence-corrected chi connectivity index (χ0v) is 16.6. The summed E-state index contributed by atoms with van der Waals surface area (Å²) in [4.78, 5) is 0. The molecule has 0 fully saturated rings. The second-order valence-electron chi connectivity index (χ2n) is 7.21. The average molecular weight is 393 g/mol. The van der Waals surface area contributed by atoms with E-state index in [9.17, 15) is 5.11 Å². The van der Waals surface area contributed by atoms with Gasteiger partial charge in [0.05, 0.1) is 5.69 Å². The Morgan fingerprint density at radius 2 is 1.17 bits per heavy atom. The minimum atomic E-state index is 0.147. The Kier molecular flexibility index (Phi) is 5.85. The van der Waals surface area contributed by atoms with Gasteiger partial charge in [-0.25, -0.2) is 0 Å². The fraction of sp³-hybridized carbons (Fsp3) is 0.0769. The number of anilines is 1. The molecule has 0 radical (unpaired) electrons. The second kappa shape index (κ2) is 9.05. The lowest BCUT2D eigenvalue weighted by atomic mass is 9.97. The summed E-state index contributed by atoms with van der Waals surface area (Å²) in [5.41, 5.74) is 11.8. The van der Waals surface area contributed by atoms with E-state index in [1.165, 1.54) is 5.56 Å². The highest BCUT2D eigenvalue weighted by Gasteiger charge is 2.12. The highest BCUT2D eigenvalue weighted by atomic mass is 16.3. The van der Waals surface area contributed by atoms with Gasteiger partial charge in [-0.3, -0.25) is 0 Å². The first kappa shape index (κ1) is 19.4. The van der Waals surface area contributed by atoms with Crippen LogP contribution in [0.25, 0.3) is 0 Å². The summed E-state index contributed by atoms with van der Waals surface area (Å²) >= 11 is 0. The van der Waals surface area contributed by atoms with Crippen LogP contribution in [-0.4, -0.2) is 5.11 Å². The molecule has 0 aliphatic heterocycles. The van der Waals surface area contributed by atoms with Crippen molar-refractivity contribution >= 4 is 17.1 Å². The summed E-state index contributed by atoms with van der Waals surface area (Å²) in [7, 11) is 0. The number of azo groups is 1. The fourth-order valence-corrected chi connectivity index (χ4v) is 3.39. The summed E-state index contributed by atoms with van der Waals surface area (Å²) in [6, 6.07) is 31.6. The lowest BCUT2D eigenvalue weighted by Crippen LogP contribution is -1.94. The molecule has 4 heteroatoms. The highest BCUT2D eigenvalue weighted by Crippen LogP contribution is 2.36. The first-order valence-electron chi connectivity index (χ1n) is 9.88. The molecule has 30 heavy (non-hydrogen) atoms. The van der Waals surface area contributed by atoms with Crippen molar-refractivity contribution in [3.05, 3.63) is 119 Å². The zero-order valence-electron chi connectivity index (χ0n) is 16.6. The lowest BCUT2D eigenvalue weighted by molar-refractivity contribution is 0.470. The van der Waals surface area contributed by atoms with Crippen LogP contribution in [0.1, 0.15) is 22.3 Å². The van der Waals surface area contributed by atoms with Crippen molar-refractivity contribution < 1.29 is 5.11 Å². The van der Waals surface area contributed by atoms with Crippen molar-refractivity contribution in [2.24, 2.45) is 10.2 Å². The van der Waals surface area contributed by atoms with Crippen molar-refractivity contribution in [3.8, 4) is 5.75 Å². The molecule has 4 aromatic rings. The Morgan fingerprint density at radius 3 is 1.83 bits per heavy atom. The average Bonchev–Trinajstić information content (AvgIpc) is 2.77. The maximum atomic E-state index is 10.9. The Hall–Kier alpha value is -3.92. The number of nitrogens with zero attached hydrogens (tertiary/aromatic N) is 2. The molecule has 0 saturated heterocycles. The van der Waals surface area contributed by atoms with Crippen LogP contribution in [0.15, 0.2) is 107 Å². The fourth-order valence-electron chi connectivity index (χ4n) is 3.39. The molecule has 0 heterocycles. The van der Waals surface area contributed by atoms with Gasteiger partial charge in [-0.1, -0.05) is 78.9 Å². The summed E-state index contributed by atoms with van der Waals surface area (Å²) in [6.45, 7) is 0. The molecular formula is C26H23N3O. The first-order valence-corrected chi connectivity index (χ1v) is 9.88. The van der Waals surface area contributed by atoms with Gasteiger partial charge < -0.3 is 10.8 Å². The van der Waals surface area contributed by atoms with E-state index in [2.05, 4.69) is 34.5 Å². The second-order valence-corrected chi connectivity index (χ2v) is 7.21. The van der Waals surface area contributed by atoms with E-state index in [-0.39, 0.29) is 5.75 Å². The third kappa shape index (κ3) is 4.73. The Morgan fingerprint density at radius 1 is 0.600 bits per heavy atom.